The Morgan fingerprint density at radius 1 is 1.15 bits per heavy atom. The monoisotopic (exact) mass is 368 g/mol. The summed E-state index contributed by atoms with van der Waals surface area (Å²) in [6.45, 7) is 0.541. The van der Waals surface area contributed by atoms with Gasteiger partial charge in [0.15, 0.2) is 0 Å². The number of rotatable bonds is 7. The summed E-state index contributed by atoms with van der Waals surface area (Å²) >= 11 is 0. The number of alkyl halides is 3. The molecule has 1 heterocycles. The number of halogens is 3. The summed E-state index contributed by atoms with van der Waals surface area (Å²) in [7, 11) is 1.55. The van der Waals surface area contributed by atoms with E-state index >= 15 is 0 Å². The summed E-state index contributed by atoms with van der Waals surface area (Å²) in [6.07, 6.45) is -3.22. The van der Waals surface area contributed by atoms with Crippen LogP contribution in [-0.4, -0.2) is 31.2 Å². The molecule has 0 saturated heterocycles. The van der Waals surface area contributed by atoms with Gasteiger partial charge in [-0.1, -0.05) is 12.1 Å². The van der Waals surface area contributed by atoms with Crippen LogP contribution in [-0.2, 0) is 12.7 Å². The van der Waals surface area contributed by atoms with Gasteiger partial charge in [-0.25, -0.2) is 9.78 Å². The molecule has 6 nitrogen and oxygen atoms in total. The number of amides is 2. The van der Waals surface area contributed by atoms with Gasteiger partial charge in [0, 0.05) is 25.8 Å². The van der Waals surface area contributed by atoms with Gasteiger partial charge in [0.25, 0.3) is 0 Å². The van der Waals surface area contributed by atoms with E-state index in [1.165, 1.54) is 12.3 Å². The van der Waals surface area contributed by atoms with Gasteiger partial charge in [-0.3, -0.25) is 0 Å². The number of benzene rings is 1. The van der Waals surface area contributed by atoms with Crippen molar-refractivity contribution in [1.29, 1.82) is 0 Å². The molecule has 0 saturated carbocycles. The average molecular weight is 368 g/mol. The van der Waals surface area contributed by atoms with Crippen LogP contribution < -0.4 is 20.7 Å². The van der Waals surface area contributed by atoms with Crippen molar-refractivity contribution in [2.45, 2.75) is 12.7 Å². The average Bonchev–Trinajstić information content (AvgIpc) is 2.63. The largest absolute Gasteiger partial charge is 0.497 e. The summed E-state index contributed by atoms with van der Waals surface area (Å²) in [6, 6.07) is 8.98. The van der Waals surface area contributed by atoms with E-state index in [9.17, 15) is 18.0 Å². The van der Waals surface area contributed by atoms with Crippen molar-refractivity contribution in [3.63, 3.8) is 0 Å². The second-order valence-corrected chi connectivity index (χ2v) is 5.29. The molecule has 2 aromatic rings. The van der Waals surface area contributed by atoms with Crippen LogP contribution >= 0.6 is 0 Å². The topological polar surface area (TPSA) is 75.3 Å². The van der Waals surface area contributed by atoms with Crippen molar-refractivity contribution < 1.29 is 22.7 Å². The number of urea groups is 1. The van der Waals surface area contributed by atoms with Crippen LogP contribution in [0.3, 0.4) is 0 Å². The molecule has 2 amide bonds. The van der Waals surface area contributed by atoms with E-state index in [0.29, 0.717) is 12.3 Å². The van der Waals surface area contributed by atoms with Gasteiger partial charge in [-0.15, -0.1) is 0 Å². The van der Waals surface area contributed by atoms with Crippen molar-refractivity contribution in [3.8, 4) is 5.75 Å². The molecule has 140 valence electrons. The van der Waals surface area contributed by atoms with Gasteiger partial charge >= 0.3 is 12.2 Å². The summed E-state index contributed by atoms with van der Waals surface area (Å²) in [5.41, 5.74) is 0.0170. The maximum absolute atomic E-state index is 12.8. The molecule has 3 N–H and O–H groups in total. The lowest BCUT2D eigenvalue weighted by molar-refractivity contribution is -0.137. The van der Waals surface area contributed by atoms with Crippen LogP contribution in [0, 0.1) is 0 Å². The molecule has 0 aliphatic carbocycles. The molecule has 1 aromatic heterocycles. The van der Waals surface area contributed by atoms with E-state index in [-0.39, 0.29) is 18.9 Å². The lowest BCUT2D eigenvalue weighted by atomic mass is 10.2. The first-order valence-corrected chi connectivity index (χ1v) is 7.81. The Kier molecular flexibility index (Phi) is 6.65. The van der Waals surface area contributed by atoms with E-state index < -0.39 is 17.8 Å². The second-order valence-electron chi connectivity index (χ2n) is 5.29. The predicted molar refractivity (Wildman–Crippen MR) is 91.0 cm³/mol. The predicted octanol–water partition coefficient (Wildman–Crippen LogP) is 3.02. The Balaban J connectivity index is 1.74. The third-order valence-corrected chi connectivity index (χ3v) is 3.40. The van der Waals surface area contributed by atoms with Crippen LogP contribution in [0.1, 0.15) is 11.1 Å². The molecule has 2 rings (SSSR count). The number of methoxy groups -OCH3 is 1. The molecule has 0 fully saturated rings. The Morgan fingerprint density at radius 3 is 2.69 bits per heavy atom. The summed E-state index contributed by atoms with van der Waals surface area (Å²) in [5, 5.41) is 7.79. The van der Waals surface area contributed by atoms with Gasteiger partial charge in [0.2, 0.25) is 0 Å². The standard InChI is InChI=1S/C17H19F3N4O2/c1-26-13-5-2-4-12(10-13)11-24-16(25)23-9-8-22-15-14(17(18,19)20)6-3-7-21-15/h2-7,10H,8-9,11H2,1H3,(H,21,22)(H2,23,24,25). The summed E-state index contributed by atoms with van der Waals surface area (Å²) in [5.74, 6) is 0.420. The van der Waals surface area contributed by atoms with Crippen molar-refractivity contribution in [3.05, 3.63) is 53.7 Å². The highest BCUT2D eigenvalue weighted by Gasteiger charge is 2.33. The fourth-order valence-corrected chi connectivity index (χ4v) is 2.16. The van der Waals surface area contributed by atoms with E-state index in [1.807, 2.05) is 12.1 Å². The molecular formula is C17H19F3N4O2. The van der Waals surface area contributed by atoms with E-state index in [4.69, 9.17) is 4.74 Å². The molecule has 0 aliphatic rings. The fourth-order valence-electron chi connectivity index (χ4n) is 2.16. The first kappa shape index (κ1) is 19.4. The summed E-state index contributed by atoms with van der Waals surface area (Å²) in [4.78, 5) is 15.4. The number of anilines is 1. The van der Waals surface area contributed by atoms with Crippen LogP contribution in [0.25, 0.3) is 0 Å². The number of nitrogens with one attached hydrogen (secondary N) is 3. The number of hydrogen-bond donors (Lipinski definition) is 3. The van der Waals surface area contributed by atoms with E-state index in [2.05, 4.69) is 20.9 Å². The van der Waals surface area contributed by atoms with E-state index in [0.717, 1.165) is 11.6 Å². The number of carbonyl (C=O) groups excluding carboxylic acids is 1. The van der Waals surface area contributed by atoms with Gasteiger partial charge in [0.1, 0.15) is 11.6 Å². The number of ether oxygens (including phenoxy) is 1. The normalized spacial score (nSPS) is 10.9. The molecule has 1 aromatic carbocycles. The van der Waals surface area contributed by atoms with Crippen LogP contribution in [0.15, 0.2) is 42.6 Å². The van der Waals surface area contributed by atoms with Crippen molar-refractivity contribution >= 4 is 11.8 Å². The lowest BCUT2D eigenvalue weighted by Crippen LogP contribution is -2.37. The van der Waals surface area contributed by atoms with Gasteiger partial charge in [0.05, 0.1) is 12.7 Å². The Morgan fingerprint density at radius 2 is 1.96 bits per heavy atom. The number of carbonyl (C=O) groups is 1. The number of aromatic nitrogens is 1. The van der Waals surface area contributed by atoms with Crippen molar-refractivity contribution in [2.75, 3.05) is 25.5 Å². The highest BCUT2D eigenvalue weighted by atomic mass is 19.4. The number of nitrogens with zero attached hydrogens (tertiary/aromatic N) is 1. The molecule has 26 heavy (non-hydrogen) atoms. The first-order valence-electron chi connectivity index (χ1n) is 7.81. The van der Waals surface area contributed by atoms with Crippen molar-refractivity contribution in [2.24, 2.45) is 0 Å². The smallest absolute Gasteiger partial charge is 0.419 e. The SMILES string of the molecule is COc1cccc(CNC(=O)NCCNc2ncccc2C(F)(F)F)c1. The minimum atomic E-state index is -4.49. The zero-order valence-corrected chi connectivity index (χ0v) is 14.1. The maximum Gasteiger partial charge on any atom is 0.419 e. The molecule has 0 bridgehead atoms. The maximum atomic E-state index is 12.8. The molecule has 0 radical (unpaired) electrons. The molecule has 0 spiro atoms. The van der Waals surface area contributed by atoms with Crippen LogP contribution in [0.5, 0.6) is 5.75 Å². The molecular weight excluding hydrogens is 349 g/mol. The quantitative estimate of drug-likeness (QED) is 0.657. The highest BCUT2D eigenvalue weighted by molar-refractivity contribution is 5.73. The highest BCUT2D eigenvalue weighted by Crippen LogP contribution is 2.33. The van der Waals surface area contributed by atoms with Gasteiger partial charge < -0.3 is 20.7 Å². The minimum Gasteiger partial charge on any atom is -0.497 e. The van der Waals surface area contributed by atoms with Gasteiger partial charge in [-0.2, -0.15) is 13.2 Å². The molecule has 9 heteroatoms. The van der Waals surface area contributed by atoms with Crippen LogP contribution in [0.2, 0.25) is 0 Å². The van der Waals surface area contributed by atoms with Gasteiger partial charge in [-0.05, 0) is 29.8 Å². The number of hydrogen-bond acceptors (Lipinski definition) is 4. The molecule has 0 atom stereocenters. The zero-order valence-electron chi connectivity index (χ0n) is 14.1. The number of pyridine rings is 1. The molecule has 0 aliphatic heterocycles. The third-order valence-electron chi connectivity index (χ3n) is 3.40. The Labute approximate surface area is 148 Å². The lowest BCUT2D eigenvalue weighted by Gasteiger charge is -2.13. The van der Waals surface area contributed by atoms with Crippen molar-refractivity contribution in [1.82, 2.24) is 15.6 Å². The van der Waals surface area contributed by atoms with Crippen LogP contribution in [0.4, 0.5) is 23.8 Å². The fraction of sp³-hybridized carbons (Fsp3) is 0.294. The minimum absolute atomic E-state index is 0.104. The second kappa shape index (κ2) is 8.93. The third kappa shape index (κ3) is 5.83. The Hall–Kier alpha value is -2.97. The van der Waals surface area contributed by atoms with E-state index in [1.54, 1.807) is 19.2 Å². The Bertz CT molecular complexity index is 738. The summed E-state index contributed by atoms with van der Waals surface area (Å²) < 4.78 is 43.6. The zero-order chi connectivity index (χ0) is 19.0. The first-order chi connectivity index (χ1) is 12.4. The molecule has 0 unspecified atom stereocenters.